The summed E-state index contributed by atoms with van der Waals surface area (Å²) in [6, 6.07) is 15.9. The number of morpholine rings is 1. The highest BCUT2D eigenvalue weighted by Crippen LogP contribution is 2.18. The maximum atomic E-state index is 12.4. The molecule has 0 spiro atoms. The summed E-state index contributed by atoms with van der Waals surface area (Å²) in [7, 11) is 1.78. The average molecular weight is 411 g/mol. The summed E-state index contributed by atoms with van der Waals surface area (Å²) in [6.45, 7) is 5.47. The van der Waals surface area contributed by atoms with Gasteiger partial charge in [0.2, 0.25) is 0 Å². The number of anilines is 1. The molecular weight excluding hydrogens is 380 g/mol. The van der Waals surface area contributed by atoms with Crippen LogP contribution in [0.5, 0.6) is 5.75 Å². The van der Waals surface area contributed by atoms with E-state index in [9.17, 15) is 9.59 Å². The normalized spacial score (nSPS) is 13.7. The first-order valence-electron chi connectivity index (χ1n) is 10.4. The number of likely N-dealkylation sites (N-methyl/N-ethyl adjacent to an activating group) is 1. The van der Waals surface area contributed by atoms with Gasteiger partial charge < -0.3 is 24.1 Å². The zero-order chi connectivity index (χ0) is 21.3. The summed E-state index contributed by atoms with van der Waals surface area (Å²) in [5.41, 5.74) is 3.35. The fraction of sp³-hybridized carbons (Fsp3) is 0.417. The van der Waals surface area contributed by atoms with Crippen LogP contribution in [0, 0.1) is 0 Å². The molecule has 1 saturated heterocycles. The van der Waals surface area contributed by atoms with E-state index in [1.54, 1.807) is 18.9 Å². The molecule has 1 aliphatic rings. The lowest BCUT2D eigenvalue weighted by Crippen LogP contribution is -2.36. The van der Waals surface area contributed by atoms with Gasteiger partial charge in [-0.25, -0.2) is 0 Å². The molecule has 1 amide bonds. The fourth-order valence-electron chi connectivity index (χ4n) is 3.32. The number of carbonyl (C=O) groups is 2. The van der Waals surface area contributed by atoms with Crippen molar-refractivity contribution < 1.29 is 19.1 Å². The molecule has 1 heterocycles. The van der Waals surface area contributed by atoms with Gasteiger partial charge >= 0.3 is 0 Å². The van der Waals surface area contributed by atoms with Crippen LogP contribution in [0.1, 0.15) is 24.5 Å². The molecule has 0 N–H and O–H groups in total. The zero-order valence-corrected chi connectivity index (χ0v) is 17.8. The van der Waals surface area contributed by atoms with E-state index in [-0.39, 0.29) is 18.3 Å². The molecule has 0 aliphatic carbocycles. The van der Waals surface area contributed by atoms with Crippen molar-refractivity contribution in [2.24, 2.45) is 0 Å². The Bertz CT molecular complexity index is 827. The van der Waals surface area contributed by atoms with E-state index in [4.69, 9.17) is 9.47 Å². The van der Waals surface area contributed by atoms with Crippen LogP contribution < -0.4 is 9.64 Å². The monoisotopic (exact) mass is 410 g/mol. The quantitative estimate of drug-likeness (QED) is 0.636. The summed E-state index contributed by atoms with van der Waals surface area (Å²) >= 11 is 0. The van der Waals surface area contributed by atoms with Crippen molar-refractivity contribution in [1.82, 2.24) is 4.90 Å². The van der Waals surface area contributed by atoms with Crippen molar-refractivity contribution in [1.29, 1.82) is 0 Å². The summed E-state index contributed by atoms with van der Waals surface area (Å²) < 4.78 is 11.0. The number of benzene rings is 2. The predicted molar refractivity (Wildman–Crippen MR) is 117 cm³/mol. The number of amides is 1. The van der Waals surface area contributed by atoms with E-state index >= 15 is 0 Å². The number of nitrogens with zero attached hydrogens (tertiary/aromatic N) is 2. The second kappa shape index (κ2) is 10.8. The maximum Gasteiger partial charge on any atom is 0.260 e. The first-order chi connectivity index (χ1) is 14.5. The van der Waals surface area contributed by atoms with Crippen molar-refractivity contribution in [3.8, 4) is 5.75 Å². The summed E-state index contributed by atoms with van der Waals surface area (Å²) in [4.78, 5) is 27.5. The van der Waals surface area contributed by atoms with Gasteiger partial charge in [-0.2, -0.15) is 0 Å². The van der Waals surface area contributed by atoms with Crippen LogP contribution >= 0.6 is 0 Å². The lowest BCUT2D eigenvalue weighted by atomic mass is 10.1. The summed E-state index contributed by atoms with van der Waals surface area (Å²) in [6.07, 6.45) is 1.26. The Labute approximate surface area is 178 Å². The van der Waals surface area contributed by atoms with Gasteiger partial charge in [0, 0.05) is 38.8 Å². The number of aryl methyl sites for hydroxylation is 1. The molecule has 2 aromatic carbocycles. The number of ether oxygens (including phenoxy) is 2. The number of Topliss-reactive ketones (excluding diaryl/α,β-unsaturated/α-hetero) is 1. The first-order valence-corrected chi connectivity index (χ1v) is 10.4. The third-order valence-corrected chi connectivity index (χ3v) is 5.21. The number of hydrogen-bond donors (Lipinski definition) is 0. The van der Waals surface area contributed by atoms with Crippen molar-refractivity contribution in [2.75, 3.05) is 44.9 Å². The van der Waals surface area contributed by atoms with Crippen molar-refractivity contribution in [3.63, 3.8) is 0 Å². The molecule has 1 aliphatic heterocycles. The molecule has 1 fully saturated rings. The molecular formula is C24H30N2O4. The lowest BCUT2D eigenvalue weighted by Gasteiger charge is -2.29. The number of hydrogen-bond acceptors (Lipinski definition) is 5. The van der Waals surface area contributed by atoms with Gasteiger partial charge in [-0.1, -0.05) is 24.3 Å². The van der Waals surface area contributed by atoms with E-state index in [0.717, 1.165) is 43.9 Å². The molecule has 0 aromatic heterocycles. The van der Waals surface area contributed by atoms with Gasteiger partial charge in [-0.3, -0.25) is 4.79 Å². The fourth-order valence-corrected chi connectivity index (χ4v) is 3.32. The highest BCUT2D eigenvalue weighted by atomic mass is 16.5. The molecule has 2 aromatic rings. The van der Waals surface area contributed by atoms with Crippen LogP contribution in [0.2, 0.25) is 0 Å². The molecule has 0 unspecified atom stereocenters. The second-order valence-corrected chi connectivity index (χ2v) is 7.65. The van der Waals surface area contributed by atoms with Crippen LogP contribution in [0.15, 0.2) is 48.5 Å². The smallest absolute Gasteiger partial charge is 0.260 e. The predicted octanol–water partition coefficient (Wildman–Crippen LogP) is 3.08. The van der Waals surface area contributed by atoms with E-state index in [2.05, 4.69) is 29.2 Å². The number of ketones is 1. The second-order valence-electron chi connectivity index (χ2n) is 7.65. The van der Waals surface area contributed by atoms with Crippen molar-refractivity contribution in [2.45, 2.75) is 26.3 Å². The third-order valence-electron chi connectivity index (χ3n) is 5.21. The molecule has 0 saturated carbocycles. The Morgan fingerprint density at radius 3 is 2.27 bits per heavy atom. The van der Waals surface area contributed by atoms with E-state index in [1.165, 1.54) is 5.69 Å². The largest absolute Gasteiger partial charge is 0.484 e. The van der Waals surface area contributed by atoms with Gasteiger partial charge in [-0.05, 0) is 48.7 Å². The van der Waals surface area contributed by atoms with E-state index < -0.39 is 0 Å². The van der Waals surface area contributed by atoms with Crippen molar-refractivity contribution in [3.05, 3.63) is 59.7 Å². The Kier molecular flexibility index (Phi) is 7.85. The Hall–Kier alpha value is -2.86. The Morgan fingerprint density at radius 1 is 1.00 bits per heavy atom. The van der Waals surface area contributed by atoms with Crippen molar-refractivity contribution >= 4 is 17.4 Å². The first kappa shape index (κ1) is 21.8. The van der Waals surface area contributed by atoms with Crippen LogP contribution in [0.3, 0.4) is 0 Å². The molecule has 30 heavy (non-hydrogen) atoms. The summed E-state index contributed by atoms with van der Waals surface area (Å²) in [5.74, 6) is 0.755. The number of carbonyl (C=O) groups excluding carboxylic acids is 2. The van der Waals surface area contributed by atoms with E-state index in [0.29, 0.717) is 18.7 Å². The Balaban J connectivity index is 1.44. The molecule has 0 radical (unpaired) electrons. The van der Waals surface area contributed by atoms with Gasteiger partial charge in [0.05, 0.1) is 13.2 Å². The minimum atomic E-state index is -0.0760. The molecule has 0 bridgehead atoms. The van der Waals surface area contributed by atoms with Crippen LogP contribution in [0.4, 0.5) is 5.69 Å². The molecule has 0 atom stereocenters. The molecule has 3 rings (SSSR count). The topological polar surface area (TPSA) is 59.1 Å². The summed E-state index contributed by atoms with van der Waals surface area (Å²) in [5, 5.41) is 0. The van der Waals surface area contributed by atoms with Gasteiger partial charge in [-0.15, -0.1) is 0 Å². The lowest BCUT2D eigenvalue weighted by molar-refractivity contribution is -0.132. The van der Waals surface area contributed by atoms with Crippen LogP contribution in [0.25, 0.3) is 0 Å². The third kappa shape index (κ3) is 6.59. The highest BCUT2D eigenvalue weighted by molar-refractivity contribution is 5.77. The maximum absolute atomic E-state index is 12.4. The molecule has 160 valence electrons. The van der Waals surface area contributed by atoms with Crippen LogP contribution in [-0.2, 0) is 27.3 Å². The van der Waals surface area contributed by atoms with Gasteiger partial charge in [0.25, 0.3) is 5.91 Å². The Morgan fingerprint density at radius 2 is 1.63 bits per heavy atom. The van der Waals surface area contributed by atoms with Gasteiger partial charge in [0.15, 0.2) is 6.61 Å². The number of rotatable bonds is 9. The SMILES string of the molecule is CC(=O)CCc1ccc(OCC(=O)N(C)Cc2ccc(N3CCOCC3)cc2)cc1. The average Bonchev–Trinajstić information content (AvgIpc) is 2.77. The molecule has 6 nitrogen and oxygen atoms in total. The van der Waals surface area contributed by atoms with Gasteiger partial charge in [0.1, 0.15) is 11.5 Å². The highest BCUT2D eigenvalue weighted by Gasteiger charge is 2.13. The minimum Gasteiger partial charge on any atom is -0.484 e. The zero-order valence-electron chi connectivity index (χ0n) is 17.8. The van der Waals surface area contributed by atoms with E-state index in [1.807, 2.05) is 24.3 Å². The minimum absolute atomic E-state index is 0.00481. The molecule has 6 heteroatoms. The standard InChI is InChI=1S/C24H30N2O4/c1-19(27)3-4-20-7-11-23(12-8-20)30-18-24(28)25(2)17-21-5-9-22(10-6-21)26-13-15-29-16-14-26/h5-12H,3-4,13-18H2,1-2H3. The van der Waals surface area contributed by atoms with Crippen LogP contribution in [-0.4, -0.2) is 56.5 Å².